The van der Waals surface area contributed by atoms with Gasteiger partial charge in [0, 0.05) is 11.9 Å². The molecule has 0 unspecified atom stereocenters. The summed E-state index contributed by atoms with van der Waals surface area (Å²) in [7, 11) is -3.92. The molecule has 23 heavy (non-hydrogen) atoms. The first-order valence-corrected chi connectivity index (χ1v) is 8.89. The van der Waals surface area contributed by atoms with Crippen molar-refractivity contribution in [2.24, 2.45) is 0 Å². The number of allylic oxidation sites excluding steroid dienone is 1. The third kappa shape index (κ3) is 3.11. The first-order valence-electron chi connectivity index (χ1n) is 7.35. The highest BCUT2D eigenvalue weighted by Crippen LogP contribution is 2.48. The number of hydrogen-bond donors (Lipinski definition) is 1. The van der Waals surface area contributed by atoms with Crippen molar-refractivity contribution in [2.75, 3.05) is 13.2 Å². The molecule has 0 saturated carbocycles. The van der Waals surface area contributed by atoms with Gasteiger partial charge in [-0.05, 0) is 26.0 Å². The van der Waals surface area contributed by atoms with Crippen molar-refractivity contribution in [3.63, 3.8) is 0 Å². The molecule has 0 aliphatic carbocycles. The highest BCUT2D eigenvalue weighted by molar-refractivity contribution is 7.62. The van der Waals surface area contributed by atoms with Crippen molar-refractivity contribution in [3.05, 3.63) is 47.3 Å². The smallest absolute Gasteiger partial charge is 0.370 e. The van der Waals surface area contributed by atoms with E-state index >= 15 is 0 Å². The number of para-hydroxylation sites is 1. The predicted molar refractivity (Wildman–Crippen MR) is 90.6 cm³/mol. The standard InChI is InChI=1S/C16H20NO5P/c1-4-11-17-13-10-8-7-9-12(13)14(18)15(16(17)19)23(20,21-5-2)22-6-3/h4,7-10,18H,1,5-6,11H2,2-3H3. The Hall–Kier alpha value is -1.88. The van der Waals surface area contributed by atoms with Crippen LogP contribution in [0.5, 0.6) is 5.75 Å². The summed E-state index contributed by atoms with van der Waals surface area (Å²) in [6.45, 7) is 7.32. The van der Waals surface area contributed by atoms with Crippen LogP contribution in [0, 0.1) is 0 Å². The highest BCUT2D eigenvalue weighted by atomic mass is 31.2. The van der Waals surface area contributed by atoms with Crippen LogP contribution in [0.15, 0.2) is 41.7 Å². The number of benzene rings is 1. The number of pyridine rings is 1. The first kappa shape index (κ1) is 17.5. The monoisotopic (exact) mass is 337 g/mol. The number of aromatic nitrogens is 1. The summed E-state index contributed by atoms with van der Waals surface area (Å²) >= 11 is 0. The van der Waals surface area contributed by atoms with Crippen LogP contribution in [0.3, 0.4) is 0 Å². The molecule has 6 nitrogen and oxygen atoms in total. The Bertz CT molecular complexity index is 817. The molecule has 0 bridgehead atoms. The lowest BCUT2D eigenvalue weighted by atomic mass is 10.2. The second-order valence-electron chi connectivity index (χ2n) is 4.75. The molecule has 0 saturated heterocycles. The number of aromatic hydroxyl groups is 1. The molecule has 0 aliphatic rings. The van der Waals surface area contributed by atoms with Gasteiger partial charge in [-0.2, -0.15) is 0 Å². The number of nitrogens with zero attached hydrogens (tertiary/aromatic N) is 1. The van der Waals surface area contributed by atoms with Crippen molar-refractivity contribution >= 4 is 23.8 Å². The van der Waals surface area contributed by atoms with Gasteiger partial charge >= 0.3 is 7.60 Å². The Morgan fingerprint density at radius 2 is 1.87 bits per heavy atom. The van der Waals surface area contributed by atoms with Gasteiger partial charge in [-0.15, -0.1) is 6.58 Å². The lowest BCUT2D eigenvalue weighted by molar-refractivity contribution is 0.229. The minimum atomic E-state index is -3.92. The number of hydrogen-bond acceptors (Lipinski definition) is 5. The van der Waals surface area contributed by atoms with E-state index in [1.165, 1.54) is 4.57 Å². The zero-order chi connectivity index (χ0) is 17.0. The summed E-state index contributed by atoms with van der Waals surface area (Å²) < 4.78 is 24.9. The molecule has 0 amide bonds. The lowest BCUT2D eigenvalue weighted by Gasteiger charge is -2.20. The van der Waals surface area contributed by atoms with Crippen LogP contribution in [0.25, 0.3) is 10.9 Å². The summed E-state index contributed by atoms with van der Waals surface area (Å²) in [5.74, 6) is -0.365. The van der Waals surface area contributed by atoms with Crippen molar-refractivity contribution in [2.45, 2.75) is 20.4 Å². The van der Waals surface area contributed by atoms with Gasteiger partial charge in [0.15, 0.2) is 5.30 Å². The van der Waals surface area contributed by atoms with Crippen LogP contribution >= 0.6 is 7.60 Å². The summed E-state index contributed by atoms with van der Waals surface area (Å²) in [4.78, 5) is 12.8. The molecule has 0 radical (unpaired) electrons. The minimum absolute atomic E-state index is 0.0877. The molecular formula is C16H20NO5P. The number of rotatable bonds is 7. The summed E-state index contributed by atoms with van der Waals surface area (Å²) in [5, 5.41) is 10.6. The maximum absolute atomic E-state index is 13.0. The Morgan fingerprint density at radius 1 is 1.26 bits per heavy atom. The molecular weight excluding hydrogens is 317 g/mol. The normalized spacial score (nSPS) is 11.7. The van der Waals surface area contributed by atoms with Crippen LogP contribution in [0.2, 0.25) is 0 Å². The van der Waals surface area contributed by atoms with Gasteiger partial charge < -0.3 is 18.7 Å². The Balaban J connectivity index is 2.90. The molecule has 1 heterocycles. The van der Waals surface area contributed by atoms with E-state index in [2.05, 4.69) is 6.58 Å². The molecule has 0 fully saturated rings. The Morgan fingerprint density at radius 3 is 2.43 bits per heavy atom. The molecule has 1 aromatic heterocycles. The molecule has 1 N–H and O–H groups in total. The van der Waals surface area contributed by atoms with E-state index in [4.69, 9.17) is 9.05 Å². The van der Waals surface area contributed by atoms with E-state index in [0.29, 0.717) is 10.9 Å². The average molecular weight is 337 g/mol. The largest absolute Gasteiger partial charge is 0.506 e. The summed E-state index contributed by atoms with van der Waals surface area (Å²) in [6, 6.07) is 6.83. The van der Waals surface area contributed by atoms with E-state index in [1.54, 1.807) is 44.2 Å². The van der Waals surface area contributed by atoms with E-state index < -0.39 is 13.2 Å². The summed E-state index contributed by atoms with van der Waals surface area (Å²) in [6.07, 6.45) is 1.56. The minimum Gasteiger partial charge on any atom is -0.506 e. The summed E-state index contributed by atoms with van der Waals surface area (Å²) in [5.41, 5.74) is -0.0791. The fraction of sp³-hybridized carbons (Fsp3) is 0.312. The molecule has 0 aliphatic heterocycles. The van der Waals surface area contributed by atoms with Gasteiger partial charge in [-0.1, -0.05) is 18.2 Å². The topological polar surface area (TPSA) is 77.8 Å². The first-order chi connectivity index (χ1) is 11.0. The van der Waals surface area contributed by atoms with E-state index in [-0.39, 0.29) is 30.8 Å². The average Bonchev–Trinajstić information content (AvgIpc) is 2.52. The van der Waals surface area contributed by atoms with Gasteiger partial charge in [0.1, 0.15) is 5.75 Å². The second kappa shape index (κ2) is 7.13. The maximum atomic E-state index is 13.0. The van der Waals surface area contributed by atoms with Crippen molar-refractivity contribution < 1.29 is 18.7 Å². The number of fused-ring (bicyclic) bond motifs is 1. The molecule has 2 rings (SSSR count). The van der Waals surface area contributed by atoms with Gasteiger partial charge in [-0.3, -0.25) is 9.36 Å². The third-order valence-electron chi connectivity index (χ3n) is 3.31. The van der Waals surface area contributed by atoms with E-state index in [0.717, 1.165) is 0 Å². The van der Waals surface area contributed by atoms with Crippen LogP contribution < -0.4 is 10.9 Å². The fourth-order valence-corrected chi connectivity index (χ4v) is 4.19. The Labute approximate surface area is 134 Å². The third-order valence-corrected chi connectivity index (χ3v) is 5.45. The zero-order valence-electron chi connectivity index (χ0n) is 13.2. The predicted octanol–water partition coefficient (Wildman–Crippen LogP) is 2.78. The lowest BCUT2D eigenvalue weighted by Crippen LogP contribution is -2.35. The van der Waals surface area contributed by atoms with Gasteiger partial charge in [0.25, 0.3) is 5.56 Å². The fourth-order valence-electron chi connectivity index (χ4n) is 2.44. The zero-order valence-corrected chi connectivity index (χ0v) is 14.1. The van der Waals surface area contributed by atoms with Crippen LogP contribution in [0.1, 0.15) is 13.8 Å². The second-order valence-corrected chi connectivity index (χ2v) is 6.71. The van der Waals surface area contributed by atoms with E-state index in [1.807, 2.05) is 0 Å². The molecule has 124 valence electrons. The van der Waals surface area contributed by atoms with Gasteiger partial charge in [0.2, 0.25) is 0 Å². The van der Waals surface area contributed by atoms with Gasteiger partial charge in [0.05, 0.1) is 18.7 Å². The highest BCUT2D eigenvalue weighted by Gasteiger charge is 2.35. The molecule has 0 atom stereocenters. The molecule has 7 heteroatoms. The van der Waals surface area contributed by atoms with Gasteiger partial charge in [-0.25, -0.2) is 0 Å². The van der Waals surface area contributed by atoms with Crippen LogP contribution in [0.4, 0.5) is 0 Å². The van der Waals surface area contributed by atoms with Crippen LogP contribution in [-0.2, 0) is 20.2 Å². The van der Waals surface area contributed by atoms with Crippen molar-refractivity contribution in [1.29, 1.82) is 0 Å². The Kier molecular flexibility index (Phi) is 5.42. The maximum Gasteiger partial charge on any atom is 0.370 e. The van der Waals surface area contributed by atoms with Crippen LogP contribution in [-0.4, -0.2) is 22.9 Å². The SMILES string of the molecule is C=CCn1c(=O)c(P(=O)(OCC)OCC)c(O)c2ccccc21. The molecule has 1 aromatic carbocycles. The van der Waals surface area contributed by atoms with E-state index in [9.17, 15) is 14.5 Å². The molecule has 2 aromatic rings. The van der Waals surface area contributed by atoms with Crippen molar-refractivity contribution in [3.8, 4) is 5.75 Å². The quantitative estimate of drug-likeness (QED) is 0.621. The molecule has 0 spiro atoms. The van der Waals surface area contributed by atoms with Crippen molar-refractivity contribution in [1.82, 2.24) is 4.57 Å².